The van der Waals surface area contributed by atoms with Crippen LogP contribution < -0.4 is 5.72 Å². The van der Waals surface area contributed by atoms with Gasteiger partial charge in [-0.3, -0.25) is 9.88 Å². The highest BCUT2D eigenvalue weighted by Gasteiger charge is 2.17. The molecule has 0 atom stereocenters. The van der Waals surface area contributed by atoms with Crippen LogP contribution in [0.15, 0.2) is 36.5 Å². The highest BCUT2D eigenvalue weighted by Crippen LogP contribution is 2.13. The van der Waals surface area contributed by atoms with Crippen LogP contribution in [0.5, 0.6) is 0 Å². The molecule has 2 aromatic rings. The zero-order valence-electron chi connectivity index (χ0n) is 10.1. The predicted molar refractivity (Wildman–Crippen MR) is 71.0 cm³/mol. The Hall–Kier alpha value is -1.55. The maximum absolute atomic E-state index is 4.38. The van der Waals surface area contributed by atoms with E-state index in [4.69, 9.17) is 0 Å². The lowest BCUT2D eigenvalue weighted by molar-refractivity contribution is 0.214. The second-order valence-electron chi connectivity index (χ2n) is 4.64. The monoisotopic (exact) mass is 225 g/mol. The third kappa shape index (κ3) is 2.13. The first-order chi connectivity index (χ1) is 8.33. The minimum atomic E-state index is 1.01. The number of nitrogens with zero attached hydrogens (tertiary/aromatic N) is 3. The summed E-state index contributed by atoms with van der Waals surface area (Å²) in [6.45, 7) is 4.22. The van der Waals surface area contributed by atoms with Crippen LogP contribution in [0.4, 0.5) is 0 Å². The summed E-state index contributed by atoms with van der Waals surface area (Å²) in [6, 6.07) is 10.7. The van der Waals surface area contributed by atoms with Crippen molar-refractivity contribution in [3.8, 4) is 0 Å². The number of aromatic nitrogens is 2. The summed E-state index contributed by atoms with van der Waals surface area (Å²) in [5.74, 6) is 0. The van der Waals surface area contributed by atoms with Gasteiger partial charge in [0.15, 0.2) is 7.85 Å². The van der Waals surface area contributed by atoms with Crippen LogP contribution in [-0.4, -0.2) is 28.8 Å². The molecule has 1 aromatic heterocycles. The van der Waals surface area contributed by atoms with Crippen LogP contribution in [0, 0.1) is 0 Å². The van der Waals surface area contributed by atoms with Crippen LogP contribution in [0.3, 0.4) is 0 Å². The van der Waals surface area contributed by atoms with E-state index >= 15 is 0 Å². The van der Waals surface area contributed by atoms with Gasteiger partial charge in [0, 0.05) is 32.4 Å². The van der Waals surface area contributed by atoms with Crippen molar-refractivity contribution >= 4 is 13.6 Å². The summed E-state index contributed by atoms with van der Waals surface area (Å²) in [4.78, 5) is 6.85. The molecule has 0 bridgehead atoms. The van der Waals surface area contributed by atoms with Crippen molar-refractivity contribution in [3.05, 3.63) is 47.8 Å². The number of rotatable bonds is 2. The molecular formula is C13H16BN3. The zero-order chi connectivity index (χ0) is 11.7. The Labute approximate surface area is 102 Å². The van der Waals surface area contributed by atoms with Gasteiger partial charge in [0.25, 0.3) is 0 Å². The van der Waals surface area contributed by atoms with Crippen molar-refractivity contribution in [2.75, 3.05) is 6.54 Å². The summed E-state index contributed by atoms with van der Waals surface area (Å²) in [6.07, 6.45) is 2.01. The highest BCUT2D eigenvalue weighted by molar-refractivity contribution is 6.29. The molecule has 86 valence electrons. The quantitative estimate of drug-likeness (QED) is 0.679. The van der Waals surface area contributed by atoms with Gasteiger partial charge in [-0.05, 0) is 5.56 Å². The molecule has 0 fully saturated rings. The van der Waals surface area contributed by atoms with Crippen molar-refractivity contribution in [3.63, 3.8) is 0 Å². The molecule has 3 rings (SSSR count). The van der Waals surface area contributed by atoms with E-state index in [0.717, 1.165) is 31.9 Å². The first-order valence-corrected chi connectivity index (χ1v) is 6.10. The van der Waals surface area contributed by atoms with E-state index in [1.54, 1.807) is 0 Å². The van der Waals surface area contributed by atoms with Crippen molar-refractivity contribution in [1.82, 2.24) is 14.5 Å². The lowest BCUT2D eigenvalue weighted by Gasteiger charge is -2.28. The van der Waals surface area contributed by atoms with E-state index in [2.05, 4.69) is 52.6 Å². The zero-order valence-corrected chi connectivity index (χ0v) is 10.1. The third-order valence-electron chi connectivity index (χ3n) is 3.41. The molecule has 3 nitrogen and oxygen atoms in total. The molecule has 1 aliphatic rings. The van der Waals surface area contributed by atoms with E-state index in [9.17, 15) is 0 Å². The van der Waals surface area contributed by atoms with Gasteiger partial charge in [-0.1, -0.05) is 30.3 Å². The third-order valence-corrected chi connectivity index (χ3v) is 3.41. The maximum atomic E-state index is 4.38. The summed E-state index contributed by atoms with van der Waals surface area (Å²) >= 11 is 0. The summed E-state index contributed by atoms with van der Waals surface area (Å²) in [7, 11) is 2.08. The van der Waals surface area contributed by atoms with Gasteiger partial charge in [0.05, 0.1) is 11.4 Å². The summed E-state index contributed by atoms with van der Waals surface area (Å²) < 4.78 is 2.32. The van der Waals surface area contributed by atoms with Crippen LogP contribution >= 0.6 is 0 Å². The maximum Gasteiger partial charge on any atom is 0.186 e. The van der Waals surface area contributed by atoms with Crippen LogP contribution in [0.25, 0.3) is 0 Å². The van der Waals surface area contributed by atoms with Gasteiger partial charge in [-0.15, -0.1) is 0 Å². The molecule has 2 heterocycles. The molecular weight excluding hydrogens is 209 g/mol. The topological polar surface area (TPSA) is 21.1 Å². The number of imidazole rings is 1. The lowest BCUT2D eigenvalue weighted by atomic mass is 10.1. The lowest BCUT2D eigenvalue weighted by Crippen LogP contribution is -2.36. The second kappa shape index (κ2) is 4.38. The van der Waals surface area contributed by atoms with Gasteiger partial charge in [-0.25, -0.2) is 0 Å². The highest BCUT2D eigenvalue weighted by atomic mass is 15.2. The summed E-state index contributed by atoms with van der Waals surface area (Å²) in [5, 5.41) is 0. The van der Waals surface area contributed by atoms with E-state index in [1.807, 2.05) is 6.20 Å². The standard InChI is InChI=1S/C13H16BN3/c14-13-15-8-12-10-16(6-7-17(12)13)9-11-4-2-1-3-5-11/h1-5,8H,6-7,9-10,14H2. The Morgan fingerprint density at radius 3 is 2.82 bits per heavy atom. The average Bonchev–Trinajstić information content (AvgIpc) is 2.72. The van der Waals surface area contributed by atoms with Gasteiger partial charge in [-0.2, -0.15) is 0 Å². The Balaban J connectivity index is 1.72. The van der Waals surface area contributed by atoms with Crippen LogP contribution in [0.1, 0.15) is 11.3 Å². The smallest absolute Gasteiger partial charge is 0.186 e. The van der Waals surface area contributed by atoms with Crippen molar-refractivity contribution in [2.24, 2.45) is 0 Å². The molecule has 0 saturated carbocycles. The molecule has 1 aliphatic heterocycles. The largest absolute Gasteiger partial charge is 0.338 e. The molecule has 17 heavy (non-hydrogen) atoms. The number of fused-ring (bicyclic) bond motifs is 1. The number of hydrogen-bond acceptors (Lipinski definition) is 2. The molecule has 4 heteroatoms. The van der Waals surface area contributed by atoms with Crippen LogP contribution in [-0.2, 0) is 19.6 Å². The molecule has 1 aromatic carbocycles. The average molecular weight is 225 g/mol. The second-order valence-corrected chi connectivity index (χ2v) is 4.64. The Bertz CT molecular complexity index is 507. The van der Waals surface area contributed by atoms with Gasteiger partial charge < -0.3 is 4.57 Å². The van der Waals surface area contributed by atoms with Crippen molar-refractivity contribution in [2.45, 2.75) is 19.6 Å². The van der Waals surface area contributed by atoms with Gasteiger partial charge in [0.2, 0.25) is 0 Å². The van der Waals surface area contributed by atoms with Gasteiger partial charge >= 0.3 is 0 Å². The fourth-order valence-electron chi connectivity index (χ4n) is 2.47. The first kappa shape index (κ1) is 10.6. The Kier molecular flexibility index (Phi) is 2.73. The fourth-order valence-corrected chi connectivity index (χ4v) is 2.47. The fraction of sp³-hybridized carbons (Fsp3) is 0.308. The molecule has 0 amide bonds. The molecule has 0 spiro atoms. The molecule has 0 N–H and O–H groups in total. The van der Waals surface area contributed by atoms with E-state index < -0.39 is 0 Å². The minimum Gasteiger partial charge on any atom is -0.338 e. The molecule has 0 saturated heterocycles. The van der Waals surface area contributed by atoms with Crippen LogP contribution in [0.2, 0.25) is 0 Å². The number of hydrogen-bond donors (Lipinski definition) is 0. The number of benzene rings is 1. The van der Waals surface area contributed by atoms with E-state index in [0.29, 0.717) is 0 Å². The Morgan fingerprint density at radius 1 is 1.18 bits per heavy atom. The first-order valence-electron chi connectivity index (χ1n) is 6.10. The minimum absolute atomic E-state index is 1.01. The summed E-state index contributed by atoms with van der Waals surface area (Å²) in [5.41, 5.74) is 3.86. The SMILES string of the molecule is Bc1ncc2n1CCN(Cc1ccccc1)C2. The van der Waals surface area contributed by atoms with E-state index in [-0.39, 0.29) is 0 Å². The normalized spacial score (nSPS) is 15.8. The molecule has 0 unspecified atom stereocenters. The predicted octanol–water partition coefficient (Wildman–Crippen LogP) is 0.157. The van der Waals surface area contributed by atoms with E-state index in [1.165, 1.54) is 11.3 Å². The Morgan fingerprint density at radius 2 is 2.00 bits per heavy atom. The van der Waals surface area contributed by atoms with Crippen molar-refractivity contribution in [1.29, 1.82) is 0 Å². The van der Waals surface area contributed by atoms with Crippen molar-refractivity contribution < 1.29 is 0 Å². The molecule has 0 radical (unpaired) electrons. The molecule has 0 aliphatic carbocycles. The van der Waals surface area contributed by atoms with Gasteiger partial charge in [0.1, 0.15) is 0 Å².